The summed E-state index contributed by atoms with van der Waals surface area (Å²) < 4.78 is 26.6. The van der Waals surface area contributed by atoms with Gasteiger partial charge in [0.25, 0.3) is 0 Å². The summed E-state index contributed by atoms with van der Waals surface area (Å²) in [5.74, 6) is -1.16. The van der Waals surface area contributed by atoms with Crippen LogP contribution in [-0.4, -0.2) is 25.5 Å². The zero-order chi connectivity index (χ0) is 14.6. The van der Waals surface area contributed by atoms with Gasteiger partial charge in [0.2, 0.25) is 10.0 Å². The SMILES string of the molecule is CCCC(NS(=O)(=O)c1ccc(C)cc1C)C(=O)O. The number of rotatable bonds is 6. The highest BCUT2D eigenvalue weighted by molar-refractivity contribution is 7.89. The molecule has 0 fully saturated rings. The second-order valence-electron chi connectivity index (χ2n) is 4.57. The van der Waals surface area contributed by atoms with Crippen LogP contribution in [-0.2, 0) is 14.8 Å². The summed E-state index contributed by atoms with van der Waals surface area (Å²) in [6, 6.07) is 3.86. The molecule has 0 aliphatic heterocycles. The smallest absolute Gasteiger partial charge is 0.321 e. The highest BCUT2D eigenvalue weighted by Gasteiger charge is 2.25. The van der Waals surface area contributed by atoms with Crippen LogP contribution in [0, 0.1) is 13.8 Å². The van der Waals surface area contributed by atoms with Crippen molar-refractivity contribution in [2.75, 3.05) is 0 Å². The lowest BCUT2D eigenvalue weighted by atomic mass is 10.2. The number of carboxylic acids is 1. The minimum atomic E-state index is -3.80. The van der Waals surface area contributed by atoms with E-state index in [4.69, 9.17) is 5.11 Å². The third kappa shape index (κ3) is 4.04. The van der Waals surface area contributed by atoms with Crippen LogP contribution in [0.1, 0.15) is 30.9 Å². The maximum Gasteiger partial charge on any atom is 0.321 e. The van der Waals surface area contributed by atoms with Crippen LogP contribution in [0.4, 0.5) is 0 Å². The summed E-state index contributed by atoms with van der Waals surface area (Å²) in [7, 11) is -3.80. The molecule has 0 amide bonds. The molecule has 2 N–H and O–H groups in total. The second kappa shape index (κ2) is 6.16. The van der Waals surface area contributed by atoms with E-state index in [0.717, 1.165) is 5.56 Å². The largest absolute Gasteiger partial charge is 0.480 e. The molecule has 0 aliphatic carbocycles. The zero-order valence-corrected chi connectivity index (χ0v) is 12.1. The number of aryl methyl sites for hydroxylation is 2. The maximum absolute atomic E-state index is 12.2. The average Bonchev–Trinajstić information content (AvgIpc) is 2.27. The fourth-order valence-corrected chi connectivity index (χ4v) is 3.32. The van der Waals surface area contributed by atoms with Gasteiger partial charge in [0.05, 0.1) is 4.90 Å². The molecule has 0 aromatic heterocycles. The fourth-order valence-electron chi connectivity index (χ4n) is 1.87. The van der Waals surface area contributed by atoms with Gasteiger partial charge in [-0.25, -0.2) is 8.42 Å². The number of aliphatic carboxylic acids is 1. The van der Waals surface area contributed by atoms with E-state index in [2.05, 4.69) is 4.72 Å². The lowest BCUT2D eigenvalue weighted by molar-refractivity contribution is -0.139. The van der Waals surface area contributed by atoms with Gasteiger partial charge in [-0.1, -0.05) is 31.0 Å². The summed E-state index contributed by atoms with van der Waals surface area (Å²) in [6.45, 7) is 5.37. The van der Waals surface area contributed by atoms with Crippen LogP contribution in [0.2, 0.25) is 0 Å². The molecule has 106 valence electrons. The lowest BCUT2D eigenvalue weighted by Crippen LogP contribution is -2.40. The van der Waals surface area contributed by atoms with E-state index in [1.807, 2.05) is 6.92 Å². The van der Waals surface area contributed by atoms with E-state index in [1.54, 1.807) is 26.0 Å². The van der Waals surface area contributed by atoms with Crippen molar-refractivity contribution in [2.45, 2.75) is 44.6 Å². The molecule has 19 heavy (non-hydrogen) atoms. The quantitative estimate of drug-likeness (QED) is 0.835. The Morgan fingerprint density at radius 1 is 1.37 bits per heavy atom. The van der Waals surface area contributed by atoms with Crippen LogP contribution in [0.15, 0.2) is 23.1 Å². The van der Waals surface area contributed by atoms with Crippen LogP contribution in [0.25, 0.3) is 0 Å². The number of sulfonamides is 1. The third-order valence-corrected chi connectivity index (χ3v) is 4.42. The van der Waals surface area contributed by atoms with Gasteiger partial charge in [-0.15, -0.1) is 0 Å². The molecule has 1 rings (SSSR count). The predicted octanol–water partition coefficient (Wildman–Crippen LogP) is 1.84. The summed E-state index contributed by atoms with van der Waals surface area (Å²) >= 11 is 0. The lowest BCUT2D eigenvalue weighted by Gasteiger charge is -2.15. The van der Waals surface area contributed by atoms with Crippen LogP contribution >= 0.6 is 0 Å². The minimum absolute atomic E-state index is 0.125. The zero-order valence-electron chi connectivity index (χ0n) is 11.3. The van der Waals surface area contributed by atoms with Crippen molar-refractivity contribution in [1.29, 1.82) is 0 Å². The predicted molar refractivity (Wildman–Crippen MR) is 72.6 cm³/mol. The van der Waals surface area contributed by atoms with Crippen molar-refractivity contribution in [3.8, 4) is 0 Å². The Kier molecular flexibility index (Phi) is 5.08. The van der Waals surface area contributed by atoms with Gasteiger partial charge in [-0.3, -0.25) is 4.79 Å². The molecule has 0 radical (unpaired) electrons. The van der Waals surface area contributed by atoms with Crippen molar-refractivity contribution in [3.63, 3.8) is 0 Å². The Morgan fingerprint density at radius 2 is 2.00 bits per heavy atom. The monoisotopic (exact) mass is 285 g/mol. The molecular weight excluding hydrogens is 266 g/mol. The van der Waals surface area contributed by atoms with Crippen LogP contribution in [0.3, 0.4) is 0 Å². The highest BCUT2D eigenvalue weighted by atomic mass is 32.2. The van der Waals surface area contributed by atoms with Gasteiger partial charge in [0.15, 0.2) is 0 Å². The van der Waals surface area contributed by atoms with Gasteiger partial charge in [-0.2, -0.15) is 4.72 Å². The number of benzene rings is 1. The van der Waals surface area contributed by atoms with Crippen molar-refractivity contribution in [1.82, 2.24) is 4.72 Å². The van der Waals surface area contributed by atoms with Gasteiger partial charge in [0.1, 0.15) is 6.04 Å². The Hall–Kier alpha value is -1.40. The fraction of sp³-hybridized carbons (Fsp3) is 0.462. The topological polar surface area (TPSA) is 83.5 Å². The first kappa shape index (κ1) is 15.7. The van der Waals surface area contributed by atoms with Crippen molar-refractivity contribution >= 4 is 16.0 Å². The number of carboxylic acid groups (broad SMARTS) is 1. The van der Waals surface area contributed by atoms with Crippen LogP contribution < -0.4 is 4.72 Å². The van der Waals surface area contributed by atoms with E-state index in [1.165, 1.54) is 6.07 Å². The Balaban J connectivity index is 3.06. The average molecular weight is 285 g/mol. The number of nitrogens with one attached hydrogen (secondary N) is 1. The first-order chi connectivity index (χ1) is 8.77. The van der Waals surface area contributed by atoms with Crippen molar-refractivity contribution in [3.05, 3.63) is 29.3 Å². The molecule has 1 aromatic rings. The summed E-state index contributed by atoms with van der Waals surface area (Å²) in [5.41, 5.74) is 1.56. The summed E-state index contributed by atoms with van der Waals surface area (Å²) in [6.07, 6.45) is 0.853. The van der Waals surface area contributed by atoms with Crippen molar-refractivity contribution < 1.29 is 18.3 Å². The maximum atomic E-state index is 12.2. The Bertz CT molecular complexity index is 566. The molecule has 1 atom stereocenters. The molecule has 1 aromatic carbocycles. The van der Waals surface area contributed by atoms with E-state index < -0.39 is 22.0 Å². The van der Waals surface area contributed by atoms with Crippen LogP contribution in [0.5, 0.6) is 0 Å². The summed E-state index contributed by atoms with van der Waals surface area (Å²) in [4.78, 5) is 11.1. The number of hydrogen-bond acceptors (Lipinski definition) is 3. The molecular formula is C13H19NO4S. The third-order valence-electron chi connectivity index (χ3n) is 2.79. The second-order valence-corrected chi connectivity index (χ2v) is 6.25. The molecule has 6 heteroatoms. The number of carbonyl (C=O) groups is 1. The molecule has 1 unspecified atom stereocenters. The first-order valence-corrected chi connectivity index (χ1v) is 7.58. The normalized spacial score (nSPS) is 13.2. The molecule has 0 spiro atoms. The molecule has 0 aliphatic rings. The molecule has 0 saturated heterocycles. The first-order valence-electron chi connectivity index (χ1n) is 6.10. The minimum Gasteiger partial charge on any atom is -0.480 e. The van der Waals surface area contributed by atoms with E-state index in [0.29, 0.717) is 12.0 Å². The molecule has 0 heterocycles. The Labute approximate surface area is 113 Å². The van der Waals surface area contributed by atoms with Gasteiger partial charge >= 0.3 is 5.97 Å². The standard InChI is InChI=1S/C13H19NO4S/c1-4-5-11(13(15)16)14-19(17,18)12-7-6-9(2)8-10(12)3/h6-8,11,14H,4-5H2,1-3H3,(H,15,16). The Morgan fingerprint density at radius 3 is 2.47 bits per heavy atom. The molecule has 0 bridgehead atoms. The van der Waals surface area contributed by atoms with Gasteiger partial charge < -0.3 is 5.11 Å². The van der Waals surface area contributed by atoms with E-state index >= 15 is 0 Å². The molecule has 0 saturated carbocycles. The summed E-state index contributed by atoms with van der Waals surface area (Å²) in [5, 5.41) is 9.00. The van der Waals surface area contributed by atoms with E-state index in [9.17, 15) is 13.2 Å². The van der Waals surface area contributed by atoms with Gasteiger partial charge in [-0.05, 0) is 31.9 Å². The van der Waals surface area contributed by atoms with Crippen molar-refractivity contribution in [2.24, 2.45) is 0 Å². The number of hydrogen-bond donors (Lipinski definition) is 2. The van der Waals surface area contributed by atoms with E-state index in [-0.39, 0.29) is 11.3 Å². The van der Waals surface area contributed by atoms with Gasteiger partial charge in [0, 0.05) is 0 Å². The molecule has 5 nitrogen and oxygen atoms in total. The highest BCUT2D eigenvalue weighted by Crippen LogP contribution is 2.17.